The van der Waals surface area contributed by atoms with Gasteiger partial charge in [0.05, 0.1) is 6.54 Å². The zero-order chi connectivity index (χ0) is 14.9. The molecule has 0 amide bonds. The maximum atomic E-state index is 6.06. The number of hydrogen-bond donors (Lipinski definition) is 1. The molecule has 2 N–H and O–H groups in total. The van der Waals surface area contributed by atoms with E-state index in [9.17, 15) is 0 Å². The fourth-order valence-electron chi connectivity index (χ4n) is 2.56. The lowest BCUT2D eigenvalue weighted by molar-refractivity contribution is 0.165. The molecule has 0 spiro atoms. The molecule has 1 saturated carbocycles. The van der Waals surface area contributed by atoms with Crippen molar-refractivity contribution >= 4 is 17.3 Å². The van der Waals surface area contributed by atoms with E-state index in [1.54, 1.807) is 13.2 Å². The lowest BCUT2D eigenvalue weighted by atomic mass is 10.0. The minimum absolute atomic E-state index is 0.268. The molecule has 1 aliphatic carbocycles. The molecule has 2 aromatic rings. The summed E-state index contributed by atoms with van der Waals surface area (Å²) in [6.45, 7) is 1.56. The molecule has 0 aliphatic heterocycles. The molecule has 0 saturated heterocycles. The van der Waals surface area contributed by atoms with Crippen molar-refractivity contribution in [2.75, 3.05) is 19.5 Å². The van der Waals surface area contributed by atoms with Gasteiger partial charge in [-0.3, -0.25) is 0 Å². The average Bonchev–Trinajstić information content (AvgIpc) is 3.03. The molecule has 21 heavy (non-hydrogen) atoms. The summed E-state index contributed by atoms with van der Waals surface area (Å²) in [6.07, 6.45) is 3.40. The molecule has 0 bridgehead atoms. The van der Waals surface area contributed by atoms with Crippen molar-refractivity contribution in [1.82, 2.24) is 20.2 Å². The van der Waals surface area contributed by atoms with Crippen molar-refractivity contribution in [2.24, 2.45) is 5.41 Å². The Hall–Kier alpha value is -1.66. The molecule has 1 heterocycles. The van der Waals surface area contributed by atoms with E-state index in [4.69, 9.17) is 22.1 Å². The van der Waals surface area contributed by atoms with Crippen molar-refractivity contribution in [3.63, 3.8) is 0 Å². The number of aromatic nitrogens is 4. The summed E-state index contributed by atoms with van der Waals surface area (Å²) in [6, 6.07) is 5.37. The van der Waals surface area contributed by atoms with E-state index in [1.807, 2.05) is 16.8 Å². The summed E-state index contributed by atoms with van der Waals surface area (Å²) < 4.78 is 7.03. The van der Waals surface area contributed by atoms with E-state index in [-0.39, 0.29) is 5.41 Å². The molecule has 7 heteroatoms. The second kappa shape index (κ2) is 5.61. The van der Waals surface area contributed by atoms with E-state index >= 15 is 0 Å². The summed E-state index contributed by atoms with van der Waals surface area (Å²) in [4.78, 5) is 0. The molecular weight excluding hydrogens is 290 g/mol. The molecule has 1 aliphatic rings. The highest BCUT2D eigenvalue weighted by Crippen LogP contribution is 2.50. The standard InChI is InChI=1S/C14H18ClN5O/c1-21-5-4-14(2-3-14)9-20-13(17-18-19-20)10-6-11(15)8-12(16)7-10/h6-8H,2-5,9,16H2,1H3. The largest absolute Gasteiger partial charge is 0.399 e. The lowest BCUT2D eigenvalue weighted by Crippen LogP contribution is -2.16. The van der Waals surface area contributed by atoms with E-state index < -0.39 is 0 Å². The molecule has 3 rings (SSSR count). The topological polar surface area (TPSA) is 78.8 Å². The molecule has 112 valence electrons. The lowest BCUT2D eigenvalue weighted by Gasteiger charge is -2.15. The third-order valence-electron chi connectivity index (χ3n) is 3.99. The van der Waals surface area contributed by atoms with Crippen molar-refractivity contribution in [2.45, 2.75) is 25.8 Å². The van der Waals surface area contributed by atoms with E-state index in [1.165, 1.54) is 12.8 Å². The maximum Gasteiger partial charge on any atom is 0.182 e. The molecule has 0 unspecified atom stereocenters. The Kier molecular flexibility index (Phi) is 3.82. The van der Waals surface area contributed by atoms with Crippen LogP contribution >= 0.6 is 11.6 Å². The highest BCUT2D eigenvalue weighted by molar-refractivity contribution is 6.31. The van der Waals surface area contributed by atoms with Crippen molar-refractivity contribution in [1.29, 1.82) is 0 Å². The number of tetrazole rings is 1. The summed E-state index contributed by atoms with van der Waals surface area (Å²) >= 11 is 6.06. The highest BCUT2D eigenvalue weighted by atomic mass is 35.5. The maximum absolute atomic E-state index is 6.06. The first-order valence-corrected chi connectivity index (χ1v) is 7.31. The summed E-state index contributed by atoms with van der Waals surface area (Å²) in [5.74, 6) is 0.702. The van der Waals surface area contributed by atoms with Gasteiger partial charge in [-0.15, -0.1) is 5.10 Å². The Bertz CT molecular complexity index is 618. The first-order chi connectivity index (χ1) is 10.1. The Morgan fingerprint density at radius 3 is 2.86 bits per heavy atom. The van der Waals surface area contributed by atoms with Gasteiger partial charge in [-0.25, -0.2) is 4.68 Å². The molecule has 0 atom stereocenters. The number of methoxy groups -OCH3 is 1. The van der Waals surface area contributed by atoms with Gasteiger partial charge >= 0.3 is 0 Å². The van der Waals surface area contributed by atoms with E-state index in [0.29, 0.717) is 16.5 Å². The fourth-order valence-corrected chi connectivity index (χ4v) is 2.80. The first kappa shape index (κ1) is 14.3. The van der Waals surface area contributed by atoms with Gasteiger partial charge in [0.2, 0.25) is 0 Å². The second-order valence-electron chi connectivity index (χ2n) is 5.68. The molecule has 1 fully saturated rings. The third kappa shape index (κ3) is 3.16. The zero-order valence-corrected chi connectivity index (χ0v) is 12.7. The second-order valence-corrected chi connectivity index (χ2v) is 6.11. The van der Waals surface area contributed by atoms with Crippen LogP contribution in [0.4, 0.5) is 5.69 Å². The molecule has 0 radical (unpaired) electrons. The number of hydrogen-bond acceptors (Lipinski definition) is 5. The number of nitrogens with two attached hydrogens (primary N) is 1. The fraction of sp³-hybridized carbons (Fsp3) is 0.500. The molecule has 6 nitrogen and oxygen atoms in total. The van der Waals surface area contributed by atoms with Crippen LogP contribution in [0.5, 0.6) is 0 Å². The van der Waals surface area contributed by atoms with E-state index in [2.05, 4.69) is 15.5 Å². The predicted molar refractivity (Wildman–Crippen MR) is 80.8 cm³/mol. The van der Waals surface area contributed by atoms with Crippen LogP contribution in [0.1, 0.15) is 19.3 Å². The Labute approximate surface area is 128 Å². The molecule has 1 aromatic heterocycles. The number of nitrogens with zero attached hydrogens (tertiary/aromatic N) is 4. The van der Waals surface area contributed by atoms with Crippen LogP contribution in [0.25, 0.3) is 11.4 Å². The summed E-state index contributed by atoms with van der Waals surface area (Å²) in [7, 11) is 1.73. The van der Waals surface area contributed by atoms with Gasteiger partial charge in [0, 0.05) is 30.0 Å². The number of halogens is 1. The van der Waals surface area contributed by atoms with Crippen LogP contribution in [0.15, 0.2) is 18.2 Å². The quantitative estimate of drug-likeness (QED) is 0.829. The Morgan fingerprint density at radius 1 is 1.38 bits per heavy atom. The van der Waals surface area contributed by atoms with Crippen LogP contribution in [0, 0.1) is 5.41 Å². The van der Waals surface area contributed by atoms with Gasteiger partial charge in [-0.1, -0.05) is 11.6 Å². The normalized spacial score (nSPS) is 16.1. The van der Waals surface area contributed by atoms with Crippen LogP contribution in [0.3, 0.4) is 0 Å². The number of nitrogen functional groups attached to an aromatic ring is 1. The number of ether oxygens (including phenoxy) is 1. The first-order valence-electron chi connectivity index (χ1n) is 6.93. The number of benzene rings is 1. The van der Waals surface area contributed by atoms with Crippen LogP contribution in [0.2, 0.25) is 5.02 Å². The predicted octanol–water partition coefficient (Wildman–Crippen LogP) is 2.39. The van der Waals surface area contributed by atoms with Gasteiger partial charge in [0.1, 0.15) is 0 Å². The average molecular weight is 308 g/mol. The molecular formula is C14H18ClN5O. The van der Waals surface area contributed by atoms with Gasteiger partial charge < -0.3 is 10.5 Å². The molecule has 1 aromatic carbocycles. The minimum Gasteiger partial charge on any atom is -0.399 e. The third-order valence-corrected chi connectivity index (χ3v) is 4.21. The highest BCUT2D eigenvalue weighted by Gasteiger charge is 2.43. The smallest absolute Gasteiger partial charge is 0.182 e. The van der Waals surface area contributed by atoms with Gasteiger partial charge in [0.15, 0.2) is 5.82 Å². The summed E-state index contributed by atoms with van der Waals surface area (Å²) in [5.41, 5.74) is 7.55. The van der Waals surface area contributed by atoms with Crippen LogP contribution in [-0.2, 0) is 11.3 Å². The van der Waals surface area contributed by atoms with Crippen LogP contribution in [-0.4, -0.2) is 33.9 Å². The number of rotatable bonds is 6. The van der Waals surface area contributed by atoms with E-state index in [0.717, 1.165) is 25.1 Å². The van der Waals surface area contributed by atoms with Gasteiger partial charge in [-0.05, 0) is 53.3 Å². The van der Waals surface area contributed by atoms with Crippen molar-refractivity contribution in [3.05, 3.63) is 23.2 Å². The van der Waals surface area contributed by atoms with Crippen molar-refractivity contribution in [3.8, 4) is 11.4 Å². The Balaban J connectivity index is 1.84. The van der Waals surface area contributed by atoms with Gasteiger partial charge in [-0.2, -0.15) is 0 Å². The summed E-state index contributed by atoms with van der Waals surface area (Å²) in [5, 5.41) is 12.6. The van der Waals surface area contributed by atoms with Gasteiger partial charge in [0.25, 0.3) is 0 Å². The van der Waals surface area contributed by atoms with Crippen LogP contribution < -0.4 is 5.73 Å². The zero-order valence-electron chi connectivity index (χ0n) is 11.9. The van der Waals surface area contributed by atoms with Crippen molar-refractivity contribution < 1.29 is 4.74 Å². The monoisotopic (exact) mass is 307 g/mol. The SMILES string of the molecule is COCCC1(Cn2nnnc2-c2cc(N)cc(Cl)c2)CC1. The number of anilines is 1. The minimum atomic E-state index is 0.268. The Morgan fingerprint density at radius 2 is 2.19 bits per heavy atom.